The molecule has 2 aliphatic heterocycles. The van der Waals surface area contributed by atoms with Gasteiger partial charge in [0.2, 0.25) is 15.9 Å². The van der Waals surface area contributed by atoms with E-state index in [9.17, 15) is 13.2 Å². The molecule has 0 aliphatic carbocycles. The fourth-order valence-electron chi connectivity index (χ4n) is 4.36. The van der Waals surface area contributed by atoms with E-state index in [1.807, 2.05) is 65.6 Å². The monoisotopic (exact) mass is 427 g/mol. The SMILES string of the molecule is O=C(C1CCN(S(=O)(=O)Cc2ccccc2)CC1)N1CCC(Nc2ccccc2)C1. The molecular formula is C23H29N3O3S. The van der Waals surface area contributed by atoms with Crippen molar-refractivity contribution in [2.45, 2.75) is 31.1 Å². The normalized spacial score (nSPS) is 20.9. The first-order chi connectivity index (χ1) is 14.5. The Kier molecular flexibility index (Phi) is 6.39. The van der Waals surface area contributed by atoms with Gasteiger partial charge in [-0.1, -0.05) is 48.5 Å². The van der Waals surface area contributed by atoms with Crippen LogP contribution in [0.1, 0.15) is 24.8 Å². The van der Waals surface area contributed by atoms with Crippen LogP contribution in [0.3, 0.4) is 0 Å². The number of sulfonamides is 1. The van der Waals surface area contributed by atoms with E-state index in [0.717, 1.165) is 24.2 Å². The summed E-state index contributed by atoms with van der Waals surface area (Å²) in [6, 6.07) is 19.6. The molecule has 0 spiro atoms. The van der Waals surface area contributed by atoms with Crippen molar-refractivity contribution in [1.82, 2.24) is 9.21 Å². The molecule has 1 atom stereocenters. The zero-order chi connectivity index (χ0) is 21.0. The largest absolute Gasteiger partial charge is 0.380 e. The number of hydrogen-bond acceptors (Lipinski definition) is 4. The average molecular weight is 428 g/mol. The van der Waals surface area contributed by atoms with Crippen molar-refractivity contribution in [2.75, 3.05) is 31.5 Å². The highest BCUT2D eigenvalue weighted by atomic mass is 32.2. The second kappa shape index (κ2) is 9.18. The van der Waals surface area contributed by atoms with Crippen LogP contribution < -0.4 is 5.32 Å². The first kappa shape index (κ1) is 20.9. The molecule has 6 nitrogen and oxygen atoms in total. The number of piperidine rings is 1. The van der Waals surface area contributed by atoms with Gasteiger partial charge in [0.05, 0.1) is 5.75 Å². The Morgan fingerprint density at radius 2 is 1.53 bits per heavy atom. The molecule has 2 aliphatic rings. The van der Waals surface area contributed by atoms with E-state index >= 15 is 0 Å². The van der Waals surface area contributed by atoms with E-state index in [4.69, 9.17) is 0 Å². The van der Waals surface area contributed by atoms with Gasteiger partial charge in [0.15, 0.2) is 0 Å². The van der Waals surface area contributed by atoms with Crippen molar-refractivity contribution < 1.29 is 13.2 Å². The van der Waals surface area contributed by atoms with Crippen LogP contribution in [-0.2, 0) is 20.6 Å². The van der Waals surface area contributed by atoms with Crippen molar-refractivity contribution in [3.05, 3.63) is 66.2 Å². The molecule has 1 N–H and O–H groups in total. The predicted octanol–water partition coefficient (Wildman–Crippen LogP) is 2.94. The smallest absolute Gasteiger partial charge is 0.225 e. The van der Waals surface area contributed by atoms with Crippen LogP contribution in [0.5, 0.6) is 0 Å². The van der Waals surface area contributed by atoms with Gasteiger partial charge in [-0.2, -0.15) is 0 Å². The fourth-order valence-corrected chi connectivity index (χ4v) is 5.93. The molecule has 4 rings (SSSR count). The Bertz CT molecular complexity index is 942. The topological polar surface area (TPSA) is 69.7 Å². The summed E-state index contributed by atoms with van der Waals surface area (Å²) in [5.74, 6) is 0.113. The number of para-hydroxylation sites is 1. The summed E-state index contributed by atoms with van der Waals surface area (Å²) in [5, 5.41) is 3.50. The number of benzene rings is 2. The van der Waals surface area contributed by atoms with Gasteiger partial charge >= 0.3 is 0 Å². The van der Waals surface area contributed by atoms with Gasteiger partial charge in [-0.15, -0.1) is 0 Å². The molecule has 0 radical (unpaired) electrons. The highest BCUT2D eigenvalue weighted by Gasteiger charge is 2.35. The van der Waals surface area contributed by atoms with Crippen LogP contribution in [0.25, 0.3) is 0 Å². The summed E-state index contributed by atoms with van der Waals surface area (Å²) in [6.45, 7) is 2.31. The van der Waals surface area contributed by atoms with Gasteiger partial charge in [-0.25, -0.2) is 12.7 Å². The maximum absolute atomic E-state index is 13.0. The summed E-state index contributed by atoms with van der Waals surface area (Å²) in [7, 11) is -3.35. The van der Waals surface area contributed by atoms with Gasteiger partial charge in [-0.3, -0.25) is 4.79 Å². The molecule has 2 heterocycles. The number of amides is 1. The van der Waals surface area contributed by atoms with Gasteiger partial charge in [-0.05, 0) is 37.0 Å². The first-order valence-electron chi connectivity index (χ1n) is 10.6. The lowest BCUT2D eigenvalue weighted by atomic mass is 9.96. The molecule has 0 saturated carbocycles. The lowest BCUT2D eigenvalue weighted by Gasteiger charge is -2.32. The molecule has 0 aromatic heterocycles. The van der Waals surface area contributed by atoms with Crippen LogP contribution in [0.4, 0.5) is 5.69 Å². The quantitative estimate of drug-likeness (QED) is 0.770. The van der Waals surface area contributed by atoms with E-state index in [0.29, 0.717) is 32.5 Å². The second-order valence-corrected chi connectivity index (χ2v) is 10.2. The summed E-state index contributed by atoms with van der Waals surface area (Å²) in [6.07, 6.45) is 2.13. The molecule has 2 aromatic rings. The third-order valence-corrected chi connectivity index (χ3v) is 7.88. The number of anilines is 1. The first-order valence-corrected chi connectivity index (χ1v) is 12.2. The molecule has 0 bridgehead atoms. The Balaban J connectivity index is 1.27. The van der Waals surface area contributed by atoms with Crippen LogP contribution >= 0.6 is 0 Å². The Morgan fingerprint density at radius 1 is 0.900 bits per heavy atom. The molecule has 1 unspecified atom stereocenters. The number of carbonyl (C=O) groups is 1. The summed E-state index contributed by atoms with van der Waals surface area (Å²) in [5.41, 5.74) is 1.87. The van der Waals surface area contributed by atoms with Crippen molar-refractivity contribution in [1.29, 1.82) is 0 Å². The number of rotatable bonds is 6. The Labute approximate surface area is 178 Å². The molecule has 1 amide bonds. The number of likely N-dealkylation sites (tertiary alicyclic amines) is 1. The minimum atomic E-state index is -3.35. The highest BCUT2D eigenvalue weighted by Crippen LogP contribution is 2.25. The zero-order valence-corrected chi connectivity index (χ0v) is 17.9. The lowest BCUT2D eigenvalue weighted by Crippen LogP contribution is -2.44. The molecular weight excluding hydrogens is 398 g/mol. The number of nitrogens with zero attached hydrogens (tertiary/aromatic N) is 2. The zero-order valence-electron chi connectivity index (χ0n) is 17.1. The van der Waals surface area contributed by atoms with Crippen molar-refractivity contribution in [3.8, 4) is 0 Å². The highest BCUT2D eigenvalue weighted by molar-refractivity contribution is 7.88. The predicted molar refractivity (Wildman–Crippen MR) is 118 cm³/mol. The van der Waals surface area contributed by atoms with Gasteiger partial charge < -0.3 is 10.2 Å². The van der Waals surface area contributed by atoms with E-state index < -0.39 is 10.0 Å². The van der Waals surface area contributed by atoms with Gasteiger partial charge in [0.1, 0.15) is 0 Å². The second-order valence-electron chi connectivity index (χ2n) is 8.20. The molecule has 2 fully saturated rings. The minimum absolute atomic E-state index is 0.0193. The summed E-state index contributed by atoms with van der Waals surface area (Å²) < 4.78 is 27.0. The fraction of sp³-hybridized carbons (Fsp3) is 0.435. The molecule has 7 heteroatoms. The third kappa shape index (κ3) is 5.02. The van der Waals surface area contributed by atoms with Crippen molar-refractivity contribution in [2.24, 2.45) is 5.92 Å². The van der Waals surface area contributed by atoms with E-state index in [1.54, 1.807) is 4.31 Å². The maximum Gasteiger partial charge on any atom is 0.225 e. The molecule has 30 heavy (non-hydrogen) atoms. The van der Waals surface area contributed by atoms with Crippen LogP contribution in [0.2, 0.25) is 0 Å². The standard InChI is InChI=1S/C23H29N3O3S/c27-23(25-14-13-22(17-25)24-21-9-5-2-6-10-21)20-11-15-26(16-12-20)30(28,29)18-19-7-3-1-4-8-19/h1-10,20,22,24H,11-18H2. The van der Waals surface area contributed by atoms with Crippen molar-refractivity contribution in [3.63, 3.8) is 0 Å². The van der Waals surface area contributed by atoms with Gasteiger partial charge in [0, 0.05) is 43.8 Å². The lowest BCUT2D eigenvalue weighted by molar-refractivity contribution is -0.135. The molecule has 2 saturated heterocycles. The maximum atomic E-state index is 13.0. The summed E-state index contributed by atoms with van der Waals surface area (Å²) >= 11 is 0. The van der Waals surface area contributed by atoms with E-state index in [-0.39, 0.29) is 23.6 Å². The van der Waals surface area contributed by atoms with Gasteiger partial charge in [0.25, 0.3) is 0 Å². The average Bonchev–Trinajstić information content (AvgIpc) is 3.23. The van der Waals surface area contributed by atoms with Crippen LogP contribution in [0, 0.1) is 5.92 Å². The summed E-state index contributed by atoms with van der Waals surface area (Å²) in [4.78, 5) is 14.9. The Morgan fingerprint density at radius 3 is 2.20 bits per heavy atom. The number of hydrogen-bond donors (Lipinski definition) is 1. The number of nitrogens with one attached hydrogen (secondary N) is 1. The molecule has 2 aromatic carbocycles. The molecule has 160 valence electrons. The van der Waals surface area contributed by atoms with E-state index in [1.165, 1.54) is 0 Å². The minimum Gasteiger partial charge on any atom is -0.380 e. The number of carbonyl (C=O) groups excluding carboxylic acids is 1. The van der Waals surface area contributed by atoms with E-state index in [2.05, 4.69) is 5.32 Å². The Hall–Kier alpha value is -2.38. The van der Waals surface area contributed by atoms with Crippen molar-refractivity contribution >= 4 is 21.6 Å². The van der Waals surface area contributed by atoms with Crippen LogP contribution in [-0.4, -0.2) is 55.8 Å². The third-order valence-electron chi connectivity index (χ3n) is 6.03. The van der Waals surface area contributed by atoms with Crippen LogP contribution in [0.15, 0.2) is 60.7 Å².